The quantitative estimate of drug-likeness (QED) is 0.538. The van der Waals surface area contributed by atoms with Crippen molar-refractivity contribution in [2.45, 2.75) is 25.3 Å². The molecule has 3 heterocycles. The Morgan fingerprint density at radius 3 is 2.64 bits per heavy atom. The molecule has 0 aliphatic carbocycles. The molecule has 1 aromatic heterocycles. The van der Waals surface area contributed by atoms with Crippen molar-refractivity contribution in [2.24, 2.45) is 0 Å². The van der Waals surface area contributed by atoms with Crippen LogP contribution in [0.2, 0.25) is 0 Å². The second kappa shape index (κ2) is 7.81. The maximum absolute atomic E-state index is 14.1. The van der Waals surface area contributed by atoms with Crippen LogP contribution in [0, 0.1) is 5.82 Å². The van der Waals surface area contributed by atoms with E-state index in [2.05, 4.69) is 0 Å². The summed E-state index contributed by atoms with van der Waals surface area (Å²) in [6, 6.07) is 10.8. The summed E-state index contributed by atoms with van der Waals surface area (Å²) in [6.07, 6.45) is 1.15. The van der Waals surface area contributed by atoms with Gasteiger partial charge in [0.05, 0.1) is 16.6 Å². The first-order valence-electron chi connectivity index (χ1n) is 11.0. The van der Waals surface area contributed by atoms with Crippen molar-refractivity contribution >= 4 is 28.5 Å². The lowest BCUT2D eigenvalue weighted by Gasteiger charge is -2.34. The predicted molar refractivity (Wildman–Crippen MR) is 120 cm³/mol. The Labute approximate surface area is 189 Å². The Hall–Kier alpha value is -3.52. The maximum Gasteiger partial charge on any atom is 0.291 e. The van der Waals surface area contributed by atoms with Gasteiger partial charge in [0.15, 0.2) is 11.0 Å². The molecule has 0 unspecified atom stereocenters. The fourth-order valence-electron chi connectivity index (χ4n) is 5.08. The number of fused-ring (bicyclic) bond motifs is 5. The van der Waals surface area contributed by atoms with Gasteiger partial charge >= 0.3 is 0 Å². The first-order valence-corrected chi connectivity index (χ1v) is 11.0. The summed E-state index contributed by atoms with van der Waals surface area (Å²) < 4.78 is 25.1. The number of anilines is 1. The number of carbonyl (C=O) groups excluding carboxylic acids is 2. The van der Waals surface area contributed by atoms with E-state index in [9.17, 15) is 18.8 Å². The highest BCUT2D eigenvalue weighted by molar-refractivity contribution is 6.17. The number of hydrogen-bond acceptors (Lipinski definition) is 5. The lowest BCUT2D eigenvalue weighted by Crippen LogP contribution is -2.53. The van der Waals surface area contributed by atoms with Crippen LogP contribution in [0.5, 0.6) is 0 Å². The van der Waals surface area contributed by atoms with E-state index in [4.69, 9.17) is 9.15 Å². The van der Waals surface area contributed by atoms with Crippen molar-refractivity contribution in [1.82, 2.24) is 4.90 Å². The third-order valence-electron chi connectivity index (χ3n) is 6.38. The SMILES string of the molecule is CCCN1C(=O)[C@]2(c3ccccc31)c1c(oc3ccc(F)cc3c1=O)C(=O)N2CCCOC. The summed E-state index contributed by atoms with van der Waals surface area (Å²) in [5, 5.41) is -0.00103. The lowest BCUT2D eigenvalue weighted by atomic mass is 9.84. The van der Waals surface area contributed by atoms with Gasteiger partial charge in [-0.1, -0.05) is 25.1 Å². The molecule has 2 aromatic carbocycles. The van der Waals surface area contributed by atoms with E-state index in [1.165, 1.54) is 17.0 Å². The van der Waals surface area contributed by atoms with Crippen molar-refractivity contribution in [3.8, 4) is 0 Å². The molecule has 170 valence electrons. The number of ether oxygens (including phenoxy) is 1. The number of amides is 2. The molecule has 8 heteroatoms. The molecule has 1 atom stereocenters. The van der Waals surface area contributed by atoms with Crippen LogP contribution in [0.1, 0.15) is 41.4 Å². The number of hydrogen-bond donors (Lipinski definition) is 0. The third kappa shape index (κ3) is 2.80. The van der Waals surface area contributed by atoms with Crippen LogP contribution >= 0.6 is 0 Å². The van der Waals surface area contributed by atoms with Crippen molar-refractivity contribution in [1.29, 1.82) is 0 Å². The smallest absolute Gasteiger partial charge is 0.291 e. The van der Waals surface area contributed by atoms with Gasteiger partial charge in [-0.3, -0.25) is 14.4 Å². The topological polar surface area (TPSA) is 80.1 Å². The molecular formula is C25H23FN2O5. The van der Waals surface area contributed by atoms with Crippen molar-refractivity contribution in [3.63, 3.8) is 0 Å². The average Bonchev–Trinajstić information content (AvgIpc) is 3.20. The molecule has 0 N–H and O–H groups in total. The highest BCUT2D eigenvalue weighted by Crippen LogP contribution is 2.52. The molecule has 1 spiro atoms. The molecular weight excluding hydrogens is 427 g/mol. The summed E-state index contributed by atoms with van der Waals surface area (Å²) in [5.74, 6) is -1.68. The zero-order valence-electron chi connectivity index (χ0n) is 18.4. The van der Waals surface area contributed by atoms with Gasteiger partial charge < -0.3 is 19.0 Å². The second-order valence-electron chi connectivity index (χ2n) is 8.26. The van der Waals surface area contributed by atoms with E-state index in [0.29, 0.717) is 37.2 Å². The summed E-state index contributed by atoms with van der Waals surface area (Å²) in [7, 11) is 1.56. The minimum absolute atomic E-state index is 0.00103. The van der Waals surface area contributed by atoms with Crippen molar-refractivity contribution in [2.75, 3.05) is 31.7 Å². The molecule has 0 saturated heterocycles. The zero-order chi connectivity index (χ0) is 23.3. The normalized spacial score (nSPS) is 19.1. The number of halogens is 1. The zero-order valence-corrected chi connectivity index (χ0v) is 18.4. The highest BCUT2D eigenvalue weighted by Gasteiger charge is 2.64. The van der Waals surface area contributed by atoms with Crippen molar-refractivity contribution < 1.29 is 23.1 Å². The van der Waals surface area contributed by atoms with E-state index < -0.39 is 22.7 Å². The van der Waals surface area contributed by atoms with Crippen LogP contribution in [0.3, 0.4) is 0 Å². The van der Waals surface area contributed by atoms with Crippen molar-refractivity contribution in [3.05, 3.63) is 75.4 Å². The van der Waals surface area contributed by atoms with Gasteiger partial charge in [0.25, 0.3) is 11.8 Å². The van der Waals surface area contributed by atoms with Crippen LogP contribution in [-0.2, 0) is 15.1 Å². The van der Waals surface area contributed by atoms with Gasteiger partial charge in [-0.2, -0.15) is 0 Å². The lowest BCUT2D eigenvalue weighted by molar-refractivity contribution is -0.126. The van der Waals surface area contributed by atoms with Gasteiger partial charge in [-0.25, -0.2) is 4.39 Å². The monoisotopic (exact) mass is 450 g/mol. The Balaban J connectivity index is 1.86. The molecule has 2 aliphatic rings. The fraction of sp³-hybridized carbons (Fsp3) is 0.320. The molecule has 0 radical (unpaired) electrons. The molecule has 2 amide bonds. The van der Waals surface area contributed by atoms with E-state index >= 15 is 0 Å². The maximum atomic E-state index is 14.1. The van der Waals surface area contributed by atoms with Gasteiger partial charge in [0.2, 0.25) is 5.76 Å². The second-order valence-corrected chi connectivity index (χ2v) is 8.26. The van der Waals surface area contributed by atoms with Gasteiger partial charge in [-0.05, 0) is 37.1 Å². The number of benzene rings is 2. The standard InChI is InChI=1S/C25H23FN2O5/c1-3-11-27-18-8-5-4-7-17(18)25(24(27)31)20-21(29)16-14-15(26)9-10-19(16)33-22(20)23(30)28(25)12-6-13-32-2/h4-5,7-10,14H,3,6,11-13H2,1-2H3/t25-/m0/s1. The Morgan fingerprint density at radius 1 is 1.09 bits per heavy atom. The Morgan fingerprint density at radius 2 is 1.88 bits per heavy atom. The molecule has 3 aromatic rings. The molecule has 33 heavy (non-hydrogen) atoms. The van der Waals surface area contributed by atoms with E-state index in [-0.39, 0.29) is 34.7 Å². The van der Waals surface area contributed by atoms with Crippen LogP contribution in [0.15, 0.2) is 51.7 Å². The predicted octanol–water partition coefficient (Wildman–Crippen LogP) is 3.42. The molecule has 0 fully saturated rings. The van der Waals surface area contributed by atoms with Gasteiger partial charge in [0, 0.05) is 32.4 Å². The highest BCUT2D eigenvalue weighted by atomic mass is 19.1. The molecule has 2 aliphatic heterocycles. The summed E-state index contributed by atoms with van der Waals surface area (Å²) in [4.78, 5) is 44.6. The first-order chi connectivity index (χ1) is 16.0. The molecule has 5 rings (SSSR count). The van der Waals surface area contributed by atoms with Crippen LogP contribution < -0.4 is 10.3 Å². The van der Waals surface area contributed by atoms with Crippen LogP contribution in [-0.4, -0.2) is 43.5 Å². The summed E-state index contributed by atoms with van der Waals surface area (Å²) in [6.45, 7) is 2.94. The van der Waals surface area contributed by atoms with E-state index in [0.717, 1.165) is 6.07 Å². The fourth-order valence-corrected chi connectivity index (χ4v) is 5.08. The Bertz CT molecular complexity index is 1350. The third-order valence-corrected chi connectivity index (χ3v) is 6.38. The summed E-state index contributed by atoms with van der Waals surface area (Å²) >= 11 is 0. The minimum Gasteiger partial charge on any atom is -0.450 e. The first kappa shape index (κ1) is 21.3. The molecule has 0 bridgehead atoms. The van der Waals surface area contributed by atoms with Crippen LogP contribution in [0.4, 0.5) is 10.1 Å². The number of rotatable bonds is 6. The summed E-state index contributed by atoms with van der Waals surface area (Å²) in [5.41, 5.74) is -0.968. The average molecular weight is 450 g/mol. The molecule has 7 nitrogen and oxygen atoms in total. The number of methoxy groups -OCH3 is 1. The van der Waals surface area contributed by atoms with E-state index in [1.807, 2.05) is 19.1 Å². The van der Waals surface area contributed by atoms with Crippen LogP contribution in [0.25, 0.3) is 11.0 Å². The van der Waals surface area contributed by atoms with Gasteiger partial charge in [0.1, 0.15) is 11.4 Å². The number of carbonyl (C=O) groups is 2. The number of nitrogens with zero attached hydrogens (tertiary/aromatic N) is 2. The minimum atomic E-state index is -1.66. The molecule has 0 saturated carbocycles. The number of para-hydroxylation sites is 1. The Kier molecular flexibility index (Phi) is 5.05. The largest absolute Gasteiger partial charge is 0.450 e. The van der Waals surface area contributed by atoms with E-state index in [1.54, 1.807) is 24.1 Å². The van der Waals surface area contributed by atoms with Gasteiger partial charge in [-0.15, -0.1) is 0 Å².